The quantitative estimate of drug-likeness (QED) is 0.530. The molecule has 0 aliphatic carbocycles. The van der Waals surface area contributed by atoms with Crippen molar-refractivity contribution in [1.29, 1.82) is 0 Å². The summed E-state index contributed by atoms with van der Waals surface area (Å²) in [6.07, 6.45) is -2.67. The Morgan fingerprint density at radius 1 is 1.33 bits per heavy atom. The van der Waals surface area contributed by atoms with Gasteiger partial charge < -0.3 is 24.4 Å². The van der Waals surface area contributed by atoms with E-state index < -0.39 is 29.6 Å². The number of rotatable bonds is 0. The lowest BCUT2D eigenvalue weighted by Gasteiger charge is -2.35. The van der Waals surface area contributed by atoms with Gasteiger partial charge in [0.1, 0.15) is 18.8 Å². The fourth-order valence-corrected chi connectivity index (χ4v) is 1.70. The van der Waals surface area contributed by atoms with Crippen LogP contribution in [0.3, 0.4) is 0 Å². The highest BCUT2D eigenvalue weighted by Crippen LogP contribution is 2.35. The van der Waals surface area contributed by atoms with E-state index in [0.29, 0.717) is 0 Å². The van der Waals surface area contributed by atoms with E-state index in [9.17, 15) is 15.0 Å². The van der Waals surface area contributed by atoms with Crippen LogP contribution in [0.2, 0.25) is 0 Å². The van der Waals surface area contributed by atoms with E-state index in [2.05, 4.69) is 0 Å². The number of aliphatic hydroxyl groups is 2. The van der Waals surface area contributed by atoms with Gasteiger partial charge in [-0.15, -0.1) is 0 Å². The first-order chi connectivity index (χ1) is 6.86. The fourth-order valence-electron chi connectivity index (χ4n) is 1.70. The summed E-state index contributed by atoms with van der Waals surface area (Å²) in [6, 6.07) is 0. The van der Waals surface area contributed by atoms with Gasteiger partial charge in [0.15, 0.2) is 5.79 Å². The number of hydrogen-bond donors (Lipinski definition) is 2. The highest BCUT2D eigenvalue weighted by Gasteiger charge is 2.57. The molecule has 0 aromatic rings. The summed E-state index contributed by atoms with van der Waals surface area (Å²) in [4.78, 5) is 11.7. The van der Waals surface area contributed by atoms with Gasteiger partial charge in [0.05, 0.1) is 6.61 Å². The average molecular weight is 218 g/mol. The minimum Gasteiger partial charge on any atom is -0.388 e. The highest BCUT2D eigenvalue weighted by atomic mass is 16.8. The summed E-state index contributed by atoms with van der Waals surface area (Å²) in [5.74, 6) is -3.16. The van der Waals surface area contributed by atoms with Crippen LogP contribution in [0.4, 0.5) is 0 Å². The third-order valence-electron chi connectivity index (χ3n) is 2.52. The lowest BCUT2D eigenvalue weighted by Crippen LogP contribution is -2.59. The van der Waals surface area contributed by atoms with Crippen molar-refractivity contribution in [1.82, 2.24) is 0 Å². The number of ether oxygens (including phenoxy) is 3. The number of hydrogen-bond acceptors (Lipinski definition) is 6. The predicted molar refractivity (Wildman–Crippen MR) is 46.8 cm³/mol. The summed E-state index contributed by atoms with van der Waals surface area (Å²) in [6.45, 7) is 3.08. The molecule has 1 spiro atoms. The molecular formula is C9H14O6. The van der Waals surface area contributed by atoms with Crippen LogP contribution in [-0.4, -0.2) is 53.0 Å². The smallest absolute Gasteiger partial charge is 0.258 e. The van der Waals surface area contributed by atoms with Crippen LogP contribution in [0, 0.1) is 0 Å². The first-order valence-corrected chi connectivity index (χ1v) is 4.75. The zero-order valence-corrected chi connectivity index (χ0v) is 8.60. The Morgan fingerprint density at radius 2 is 2.00 bits per heavy atom. The lowest BCUT2D eigenvalue weighted by molar-refractivity contribution is -0.271. The molecule has 3 atom stereocenters. The summed E-state index contributed by atoms with van der Waals surface area (Å²) >= 11 is 0. The van der Waals surface area contributed by atoms with Crippen molar-refractivity contribution in [2.45, 2.75) is 37.6 Å². The van der Waals surface area contributed by atoms with Gasteiger partial charge in [0.2, 0.25) is 5.78 Å². The van der Waals surface area contributed by atoms with Crippen molar-refractivity contribution in [3.63, 3.8) is 0 Å². The Balaban J connectivity index is 2.20. The van der Waals surface area contributed by atoms with E-state index in [1.807, 2.05) is 0 Å². The molecule has 0 aromatic carbocycles. The Kier molecular flexibility index (Phi) is 2.36. The van der Waals surface area contributed by atoms with Crippen molar-refractivity contribution < 1.29 is 29.2 Å². The Bertz CT molecular complexity index is 288. The van der Waals surface area contributed by atoms with Gasteiger partial charge in [-0.25, -0.2) is 0 Å². The van der Waals surface area contributed by atoms with Crippen molar-refractivity contribution >= 4 is 5.78 Å². The molecule has 0 saturated carbocycles. The SMILES string of the molecule is CC1(C)OC[C@]2(OC[C@@H](O)[C@@H](O)C2=O)O1. The molecule has 0 radical (unpaired) electrons. The summed E-state index contributed by atoms with van der Waals surface area (Å²) in [5, 5.41) is 18.7. The molecule has 86 valence electrons. The van der Waals surface area contributed by atoms with Crippen LogP contribution in [0.25, 0.3) is 0 Å². The van der Waals surface area contributed by atoms with E-state index in [1.54, 1.807) is 13.8 Å². The van der Waals surface area contributed by atoms with E-state index in [4.69, 9.17) is 14.2 Å². The molecule has 2 fully saturated rings. The van der Waals surface area contributed by atoms with Crippen LogP contribution >= 0.6 is 0 Å². The normalized spacial score (nSPS) is 44.9. The van der Waals surface area contributed by atoms with Gasteiger partial charge >= 0.3 is 0 Å². The van der Waals surface area contributed by atoms with Crippen LogP contribution < -0.4 is 0 Å². The van der Waals surface area contributed by atoms with Gasteiger partial charge in [0.25, 0.3) is 5.79 Å². The molecular weight excluding hydrogens is 204 g/mol. The van der Waals surface area contributed by atoms with Gasteiger partial charge in [-0.3, -0.25) is 4.79 Å². The summed E-state index contributed by atoms with van der Waals surface area (Å²) in [7, 11) is 0. The first-order valence-electron chi connectivity index (χ1n) is 4.75. The van der Waals surface area contributed by atoms with E-state index in [1.165, 1.54) is 0 Å². The molecule has 2 rings (SSSR count). The second-order valence-corrected chi connectivity index (χ2v) is 4.23. The highest BCUT2D eigenvalue weighted by molar-refractivity contribution is 5.91. The third kappa shape index (κ3) is 1.68. The zero-order valence-electron chi connectivity index (χ0n) is 8.60. The molecule has 2 aliphatic heterocycles. The van der Waals surface area contributed by atoms with Crippen LogP contribution in [0.5, 0.6) is 0 Å². The molecule has 2 aliphatic rings. The van der Waals surface area contributed by atoms with Crippen molar-refractivity contribution in [3.8, 4) is 0 Å². The average Bonchev–Trinajstić information content (AvgIpc) is 2.47. The number of Topliss-reactive ketones (excluding diaryl/α,β-unsaturated/α-hetero) is 1. The summed E-state index contributed by atoms with van der Waals surface area (Å²) in [5.41, 5.74) is 0. The predicted octanol–water partition coefficient (Wildman–Crippen LogP) is -1.21. The maximum Gasteiger partial charge on any atom is 0.258 e. The van der Waals surface area contributed by atoms with Gasteiger partial charge in [-0.05, 0) is 13.8 Å². The van der Waals surface area contributed by atoms with E-state index in [-0.39, 0.29) is 13.2 Å². The van der Waals surface area contributed by atoms with E-state index in [0.717, 1.165) is 0 Å². The molecule has 2 saturated heterocycles. The molecule has 0 amide bonds. The molecule has 0 unspecified atom stereocenters. The molecule has 15 heavy (non-hydrogen) atoms. The number of carbonyl (C=O) groups excluding carboxylic acids is 1. The monoisotopic (exact) mass is 218 g/mol. The number of aliphatic hydroxyl groups excluding tert-OH is 2. The standard InChI is InChI=1S/C9H14O6/c1-8(2)14-4-9(15-8)7(12)6(11)5(10)3-13-9/h5-6,10-11H,3-4H2,1-2H3/t5-,6-,9+/m1/s1. The molecule has 2 N–H and O–H groups in total. The van der Waals surface area contributed by atoms with E-state index >= 15 is 0 Å². The summed E-state index contributed by atoms with van der Waals surface area (Å²) < 4.78 is 15.7. The van der Waals surface area contributed by atoms with Crippen LogP contribution in [-0.2, 0) is 19.0 Å². The second-order valence-electron chi connectivity index (χ2n) is 4.23. The topological polar surface area (TPSA) is 85.2 Å². The molecule has 0 aromatic heterocycles. The largest absolute Gasteiger partial charge is 0.388 e. The number of carbonyl (C=O) groups is 1. The fraction of sp³-hybridized carbons (Fsp3) is 0.889. The third-order valence-corrected chi connectivity index (χ3v) is 2.52. The van der Waals surface area contributed by atoms with Crippen molar-refractivity contribution in [2.24, 2.45) is 0 Å². The lowest BCUT2D eigenvalue weighted by atomic mass is 9.99. The van der Waals surface area contributed by atoms with Crippen molar-refractivity contribution in [2.75, 3.05) is 13.2 Å². The molecule has 6 heteroatoms. The first kappa shape index (κ1) is 11.0. The molecule has 2 heterocycles. The maximum absolute atomic E-state index is 11.7. The van der Waals surface area contributed by atoms with Crippen LogP contribution in [0.1, 0.15) is 13.8 Å². The number of ketones is 1. The zero-order chi connectivity index (χ0) is 11.3. The van der Waals surface area contributed by atoms with Crippen LogP contribution in [0.15, 0.2) is 0 Å². The Morgan fingerprint density at radius 3 is 2.53 bits per heavy atom. The second kappa shape index (κ2) is 3.23. The molecule has 6 nitrogen and oxygen atoms in total. The minimum absolute atomic E-state index is 0.0669. The van der Waals surface area contributed by atoms with Gasteiger partial charge in [0, 0.05) is 0 Å². The Hall–Kier alpha value is -0.530. The van der Waals surface area contributed by atoms with Gasteiger partial charge in [-0.1, -0.05) is 0 Å². The maximum atomic E-state index is 11.7. The molecule has 0 bridgehead atoms. The van der Waals surface area contributed by atoms with Gasteiger partial charge in [-0.2, -0.15) is 0 Å². The Labute approximate surface area is 86.7 Å². The minimum atomic E-state index is -1.55. The van der Waals surface area contributed by atoms with Crippen molar-refractivity contribution in [3.05, 3.63) is 0 Å².